The van der Waals surface area contributed by atoms with Gasteiger partial charge in [0.05, 0.1) is 18.3 Å². The lowest BCUT2D eigenvalue weighted by molar-refractivity contribution is -0.149. The van der Waals surface area contributed by atoms with Crippen molar-refractivity contribution >= 4 is 29.4 Å². The van der Waals surface area contributed by atoms with Gasteiger partial charge in [0.2, 0.25) is 11.8 Å². The van der Waals surface area contributed by atoms with Crippen LogP contribution in [-0.4, -0.2) is 41.7 Å². The van der Waals surface area contributed by atoms with Crippen LogP contribution >= 0.6 is 0 Å². The molecule has 7 nitrogen and oxygen atoms in total. The van der Waals surface area contributed by atoms with E-state index in [9.17, 15) is 19.2 Å². The molecule has 1 saturated heterocycles. The van der Waals surface area contributed by atoms with E-state index >= 15 is 0 Å². The molecule has 0 aromatic heterocycles. The fourth-order valence-electron chi connectivity index (χ4n) is 5.01. The van der Waals surface area contributed by atoms with Crippen molar-refractivity contribution in [3.05, 3.63) is 29.8 Å². The lowest BCUT2D eigenvalue weighted by Crippen LogP contribution is -2.35. The summed E-state index contributed by atoms with van der Waals surface area (Å²) in [7, 11) is 0. The maximum atomic E-state index is 12.6. The van der Waals surface area contributed by atoms with E-state index in [-0.39, 0.29) is 36.6 Å². The molecule has 7 heteroatoms. The second-order valence-corrected chi connectivity index (χ2v) is 7.99. The van der Waals surface area contributed by atoms with E-state index in [4.69, 9.17) is 4.74 Å². The number of likely N-dealkylation sites (tertiary alicyclic amines) is 1. The van der Waals surface area contributed by atoms with Gasteiger partial charge in [-0.1, -0.05) is 18.2 Å². The van der Waals surface area contributed by atoms with Crippen LogP contribution in [-0.2, 0) is 23.9 Å². The molecule has 2 bridgehead atoms. The second kappa shape index (κ2) is 7.37. The highest BCUT2D eigenvalue weighted by Gasteiger charge is 2.60. The minimum Gasteiger partial charge on any atom is -0.456 e. The van der Waals surface area contributed by atoms with Crippen LogP contribution in [0.25, 0.3) is 0 Å². The third-order valence-electron chi connectivity index (χ3n) is 6.34. The summed E-state index contributed by atoms with van der Waals surface area (Å²) < 4.78 is 4.99. The molecular formula is C21H24N2O5. The van der Waals surface area contributed by atoms with Crippen molar-refractivity contribution in [1.82, 2.24) is 4.90 Å². The second-order valence-electron chi connectivity index (χ2n) is 7.99. The van der Waals surface area contributed by atoms with Crippen LogP contribution in [0.2, 0.25) is 0 Å². The van der Waals surface area contributed by atoms with Crippen LogP contribution in [0.3, 0.4) is 0 Å². The Morgan fingerprint density at radius 3 is 2.39 bits per heavy atom. The molecule has 1 N–H and O–H groups in total. The molecule has 1 heterocycles. The van der Waals surface area contributed by atoms with Crippen LogP contribution in [0.15, 0.2) is 24.3 Å². The lowest BCUT2D eigenvalue weighted by Gasteiger charge is -2.19. The molecule has 1 aliphatic heterocycles. The quantitative estimate of drug-likeness (QED) is 0.597. The Morgan fingerprint density at radius 1 is 1.11 bits per heavy atom. The van der Waals surface area contributed by atoms with Crippen LogP contribution in [0.4, 0.5) is 5.69 Å². The van der Waals surface area contributed by atoms with Crippen molar-refractivity contribution < 1.29 is 23.9 Å². The molecule has 1 aromatic rings. The minimum absolute atomic E-state index is 0.0301. The predicted octanol–water partition coefficient (Wildman–Crippen LogP) is 1.90. The molecule has 0 radical (unpaired) electrons. The number of benzene rings is 1. The van der Waals surface area contributed by atoms with Gasteiger partial charge in [-0.05, 0) is 49.7 Å². The molecule has 28 heavy (non-hydrogen) atoms. The zero-order chi connectivity index (χ0) is 19.8. The maximum Gasteiger partial charge on any atom is 0.308 e. The number of esters is 1. The number of amides is 3. The third-order valence-corrected chi connectivity index (χ3v) is 6.34. The average Bonchev–Trinajstić information content (AvgIpc) is 3.35. The first-order valence-corrected chi connectivity index (χ1v) is 9.82. The highest BCUT2D eigenvalue weighted by molar-refractivity contribution is 6.06. The van der Waals surface area contributed by atoms with Gasteiger partial charge in [0.15, 0.2) is 6.61 Å². The Hall–Kier alpha value is -2.70. The van der Waals surface area contributed by atoms with Crippen LogP contribution < -0.4 is 5.32 Å². The molecule has 3 aliphatic rings. The number of aryl methyl sites for hydroxylation is 1. The number of imide groups is 1. The zero-order valence-electron chi connectivity index (χ0n) is 15.8. The minimum atomic E-state index is -0.597. The van der Waals surface area contributed by atoms with E-state index in [1.54, 1.807) is 12.1 Å². The van der Waals surface area contributed by atoms with Crippen LogP contribution in [0.5, 0.6) is 0 Å². The number of anilines is 1. The zero-order valence-corrected chi connectivity index (χ0v) is 15.8. The van der Waals surface area contributed by atoms with E-state index in [2.05, 4.69) is 5.32 Å². The topological polar surface area (TPSA) is 92.8 Å². The van der Waals surface area contributed by atoms with Gasteiger partial charge in [-0.3, -0.25) is 24.1 Å². The molecule has 4 rings (SSSR count). The van der Waals surface area contributed by atoms with Crippen molar-refractivity contribution in [3.63, 3.8) is 0 Å². The summed E-state index contributed by atoms with van der Waals surface area (Å²) in [5, 5.41) is 2.69. The number of hydrogen-bond donors (Lipinski definition) is 1. The van der Waals surface area contributed by atoms with Crippen molar-refractivity contribution in [1.29, 1.82) is 0 Å². The van der Waals surface area contributed by atoms with Gasteiger partial charge in [-0.25, -0.2) is 0 Å². The molecule has 2 aliphatic carbocycles. The summed E-state index contributed by atoms with van der Waals surface area (Å²) in [5.74, 6) is -0.992. The molecule has 3 amide bonds. The van der Waals surface area contributed by atoms with Gasteiger partial charge >= 0.3 is 5.97 Å². The van der Waals surface area contributed by atoms with E-state index in [0.717, 1.165) is 24.8 Å². The fraction of sp³-hybridized carbons (Fsp3) is 0.524. The fourth-order valence-corrected chi connectivity index (χ4v) is 5.01. The first-order valence-electron chi connectivity index (χ1n) is 9.82. The number of carbonyl (C=O) groups excluding carboxylic acids is 4. The predicted molar refractivity (Wildman–Crippen MR) is 99.9 cm³/mol. The summed E-state index contributed by atoms with van der Waals surface area (Å²) in [6.07, 6.45) is 2.94. The standard InChI is InChI=1S/C21H24N2O5/c1-12-4-2-3-5-15(12)22-16(24)11-28-17(25)8-9-23-20(26)18-13-6-7-14(10-13)19(18)21(23)27/h2-5,13-14,18-19H,6-11H2,1H3,(H,22,24)/t13-,14-,18-,19-/m0/s1. The summed E-state index contributed by atoms with van der Waals surface area (Å²) in [5.41, 5.74) is 1.57. The number of fused-ring (bicyclic) bond motifs is 5. The first kappa shape index (κ1) is 18.7. The smallest absolute Gasteiger partial charge is 0.308 e. The normalized spacial score (nSPS) is 27.8. The third kappa shape index (κ3) is 3.30. The van der Waals surface area contributed by atoms with Crippen molar-refractivity contribution in [3.8, 4) is 0 Å². The molecule has 0 spiro atoms. The monoisotopic (exact) mass is 384 g/mol. The van der Waals surface area contributed by atoms with Crippen LogP contribution in [0, 0.1) is 30.6 Å². The molecular weight excluding hydrogens is 360 g/mol. The lowest BCUT2D eigenvalue weighted by atomic mass is 9.81. The largest absolute Gasteiger partial charge is 0.456 e. The van der Waals surface area contributed by atoms with Gasteiger partial charge in [0.25, 0.3) is 5.91 Å². The Morgan fingerprint density at radius 2 is 1.75 bits per heavy atom. The van der Waals surface area contributed by atoms with E-state index < -0.39 is 18.5 Å². The van der Waals surface area contributed by atoms with Gasteiger partial charge in [-0.2, -0.15) is 0 Å². The summed E-state index contributed by atoms with van der Waals surface area (Å²) in [6, 6.07) is 7.31. The summed E-state index contributed by atoms with van der Waals surface area (Å²) in [6.45, 7) is 1.50. The number of rotatable bonds is 6. The van der Waals surface area contributed by atoms with Gasteiger partial charge in [0.1, 0.15) is 0 Å². The van der Waals surface area contributed by atoms with Crippen molar-refractivity contribution in [2.24, 2.45) is 23.7 Å². The number of nitrogens with one attached hydrogen (secondary N) is 1. The molecule has 0 unspecified atom stereocenters. The number of carbonyl (C=O) groups is 4. The summed E-state index contributed by atoms with van der Waals surface area (Å²) in [4.78, 5) is 50.3. The van der Waals surface area contributed by atoms with E-state index in [1.165, 1.54) is 4.90 Å². The highest BCUT2D eigenvalue weighted by atomic mass is 16.5. The van der Waals surface area contributed by atoms with E-state index in [1.807, 2.05) is 19.1 Å². The molecule has 4 atom stereocenters. The van der Waals surface area contributed by atoms with Crippen molar-refractivity contribution in [2.45, 2.75) is 32.6 Å². The average molecular weight is 384 g/mol. The highest BCUT2D eigenvalue weighted by Crippen LogP contribution is 2.56. The van der Waals surface area contributed by atoms with Crippen molar-refractivity contribution in [2.75, 3.05) is 18.5 Å². The summed E-state index contributed by atoms with van der Waals surface area (Å²) >= 11 is 0. The number of ether oxygens (including phenoxy) is 1. The Labute approximate surface area is 163 Å². The Bertz CT molecular complexity index is 808. The number of para-hydroxylation sites is 1. The molecule has 148 valence electrons. The SMILES string of the molecule is Cc1ccccc1NC(=O)COC(=O)CCN1C(=O)[C@H]2[C@H]3CC[C@@H](C3)[C@@H]2C1=O. The molecule has 1 aromatic carbocycles. The van der Waals surface area contributed by atoms with E-state index in [0.29, 0.717) is 17.5 Å². The van der Waals surface area contributed by atoms with Gasteiger partial charge < -0.3 is 10.1 Å². The first-order chi connectivity index (χ1) is 13.5. The molecule has 2 saturated carbocycles. The van der Waals surface area contributed by atoms with Gasteiger partial charge in [-0.15, -0.1) is 0 Å². The maximum absolute atomic E-state index is 12.6. The number of nitrogens with zero attached hydrogens (tertiary/aromatic N) is 1. The van der Waals surface area contributed by atoms with Crippen LogP contribution in [0.1, 0.15) is 31.2 Å². The number of hydrogen-bond acceptors (Lipinski definition) is 5. The molecule has 3 fully saturated rings. The Kier molecular flexibility index (Phi) is 4.91. The Balaban J connectivity index is 1.24. The van der Waals surface area contributed by atoms with Gasteiger partial charge in [0, 0.05) is 12.2 Å².